The van der Waals surface area contributed by atoms with Crippen molar-refractivity contribution in [2.75, 3.05) is 6.61 Å². The molecule has 0 unspecified atom stereocenters. The SMILES string of the molecule is CCOC(=O)c1cc(C(F)(F)F)cc(C2=C(c3cc(C(F)(F)F)ccc3OCc3ccc(C)cc3F)CCC2)n1. The molecule has 4 rings (SSSR count). The Bertz CT molecular complexity index is 1460. The fourth-order valence-electron chi connectivity index (χ4n) is 4.47. The number of benzene rings is 2. The molecule has 0 amide bonds. The van der Waals surface area contributed by atoms with Crippen molar-refractivity contribution in [3.05, 3.63) is 93.6 Å². The summed E-state index contributed by atoms with van der Waals surface area (Å²) in [5.74, 6) is -1.60. The van der Waals surface area contributed by atoms with Gasteiger partial charge in [-0.25, -0.2) is 14.2 Å². The van der Waals surface area contributed by atoms with Crippen molar-refractivity contribution in [3.63, 3.8) is 0 Å². The van der Waals surface area contributed by atoms with Crippen LogP contribution in [-0.2, 0) is 23.7 Å². The zero-order valence-electron chi connectivity index (χ0n) is 21.5. The van der Waals surface area contributed by atoms with E-state index in [0.717, 1.165) is 24.3 Å². The van der Waals surface area contributed by atoms with Gasteiger partial charge in [-0.05, 0) is 86.2 Å². The van der Waals surface area contributed by atoms with E-state index in [1.165, 1.54) is 19.1 Å². The van der Waals surface area contributed by atoms with Crippen LogP contribution in [0.25, 0.3) is 11.1 Å². The number of rotatable bonds is 7. The van der Waals surface area contributed by atoms with Crippen molar-refractivity contribution in [1.82, 2.24) is 4.98 Å². The first-order valence-electron chi connectivity index (χ1n) is 12.4. The minimum absolute atomic E-state index is 0.0000304. The third-order valence-electron chi connectivity index (χ3n) is 6.39. The molecule has 40 heavy (non-hydrogen) atoms. The topological polar surface area (TPSA) is 48.4 Å². The van der Waals surface area contributed by atoms with E-state index in [2.05, 4.69) is 4.98 Å². The van der Waals surface area contributed by atoms with Gasteiger partial charge in [-0.3, -0.25) is 0 Å². The van der Waals surface area contributed by atoms with Crippen molar-refractivity contribution < 1.29 is 45.0 Å². The van der Waals surface area contributed by atoms with E-state index >= 15 is 0 Å². The van der Waals surface area contributed by atoms with Crippen LogP contribution in [0.4, 0.5) is 30.7 Å². The molecular weight excluding hydrogens is 543 g/mol. The summed E-state index contributed by atoms with van der Waals surface area (Å²) in [6.45, 7) is 2.81. The van der Waals surface area contributed by atoms with Crippen LogP contribution < -0.4 is 4.74 Å². The number of hydrogen-bond donors (Lipinski definition) is 0. The molecule has 0 atom stereocenters. The third kappa shape index (κ3) is 6.46. The Morgan fingerprint density at radius 1 is 0.900 bits per heavy atom. The highest BCUT2D eigenvalue weighted by atomic mass is 19.4. The summed E-state index contributed by atoms with van der Waals surface area (Å²) < 4.78 is 107. The number of esters is 1. The van der Waals surface area contributed by atoms with Crippen molar-refractivity contribution >= 4 is 17.1 Å². The van der Waals surface area contributed by atoms with Gasteiger partial charge in [-0.1, -0.05) is 12.1 Å². The molecular formula is C29H24F7NO3. The Morgan fingerprint density at radius 3 is 2.25 bits per heavy atom. The number of nitrogens with zero attached hydrogens (tertiary/aromatic N) is 1. The molecule has 11 heteroatoms. The first kappa shape index (κ1) is 29.1. The van der Waals surface area contributed by atoms with Gasteiger partial charge in [0.25, 0.3) is 0 Å². The van der Waals surface area contributed by atoms with E-state index in [1.807, 2.05) is 0 Å². The van der Waals surface area contributed by atoms with Crippen LogP contribution in [0.2, 0.25) is 0 Å². The summed E-state index contributed by atoms with van der Waals surface area (Å²) in [4.78, 5) is 16.4. The molecule has 212 valence electrons. The molecule has 0 spiro atoms. The molecule has 1 aromatic heterocycles. The average Bonchev–Trinajstić information content (AvgIpc) is 3.37. The zero-order chi connectivity index (χ0) is 29.2. The van der Waals surface area contributed by atoms with Gasteiger partial charge in [0.15, 0.2) is 0 Å². The molecule has 3 aromatic rings. The molecule has 1 aliphatic rings. The van der Waals surface area contributed by atoms with Crippen LogP contribution in [-0.4, -0.2) is 17.6 Å². The second-order valence-electron chi connectivity index (χ2n) is 9.25. The maximum atomic E-state index is 14.4. The van der Waals surface area contributed by atoms with Gasteiger partial charge in [-0.2, -0.15) is 26.3 Å². The quantitative estimate of drug-likeness (QED) is 0.213. The number of aryl methyl sites for hydroxylation is 1. The number of aromatic nitrogens is 1. The standard InChI is InChI=1S/C29H24F7NO3/c1-3-39-27(38)25-14-19(29(34,35)36)13-24(37-25)21-6-4-5-20(21)22-12-18(28(31,32)33)9-10-26(22)40-15-17-8-7-16(2)11-23(17)30/h7-14H,3-6,15H2,1-2H3. The lowest BCUT2D eigenvalue weighted by Gasteiger charge is -2.18. The summed E-state index contributed by atoms with van der Waals surface area (Å²) >= 11 is 0. The number of hydrogen-bond acceptors (Lipinski definition) is 4. The minimum atomic E-state index is -4.82. The molecule has 4 nitrogen and oxygen atoms in total. The second kappa shape index (κ2) is 11.3. The molecule has 0 aliphatic heterocycles. The molecule has 1 aliphatic carbocycles. The Kier molecular flexibility index (Phi) is 8.23. The normalized spacial score (nSPS) is 14.0. The van der Waals surface area contributed by atoms with Crippen LogP contribution in [0.15, 0.2) is 48.5 Å². The number of halogens is 7. The lowest BCUT2D eigenvalue weighted by molar-refractivity contribution is -0.138. The van der Waals surface area contributed by atoms with Gasteiger partial charge in [-0.15, -0.1) is 0 Å². The average molecular weight is 568 g/mol. The number of alkyl halides is 6. The Morgan fingerprint density at radius 2 is 1.60 bits per heavy atom. The van der Waals surface area contributed by atoms with Crippen LogP contribution in [0.1, 0.15) is 70.2 Å². The predicted molar refractivity (Wildman–Crippen MR) is 133 cm³/mol. The summed E-state index contributed by atoms with van der Waals surface area (Å²) in [5.41, 5.74) is -1.49. The number of pyridine rings is 1. The van der Waals surface area contributed by atoms with E-state index in [4.69, 9.17) is 9.47 Å². The van der Waals surface area contributed by atoms with Crippen molar-refractivity contribution in [3.8, 4) is 5.75 Å². The first-order chi connectivity index (χ1) is 18.8. The molecule has 1 heterocycles. The Labute approximate surface area is 225 Å². The van der Waals surface area contributed by atoms with Gasteiger partial charge >= 0.3 is 18.3 Å². The van der Waals surface area contributed by atoms with E-state index in [0.29, 0.717) is 23.6 Å². The number of ether oxygens (including phenoxy) is 2. The molecule has 0 bridgehead atoms. The molecule has 2 aromatic carbocycles. The van der Waals surface area contributed by atoms with Gasteiger partial charge in [0, 0.05) is 11.1 Å². The van der Waals surface area contributed by atoms with Crippen LogP contribution in [0.3, 0.4) is 0 Å². The second-order valence-corrected chi connectivity index (χ2v) is 9.25. The van der Waals surface area contributed by atoms with Crippen LogP contribution in [0, 0.1) is 12.7 Å². The maximum absolute atomic E-state index is 14.4. The number of allylic oxidation sites excluding steroid dienone is 2. The lowest BCUT2D eigenvalue weighted by Crippen LogP contribution is -2.13. The monoisotopic (exact) mass is 567 g/mol. The maximum Gasteiger partial charge on any atom is 0.416 e. The van der Waals surface area contributed by atoms with Crippen molar-refractivity contribution in [2.45, 2.75) is 52.1 Å². The zero-order valence-corrected chi connectivity index (χ0v) is 21.5. The largest absolute Gasteiger partial charge is 0.488 e. The molecule has 0 saturated carbocycles. The Balaban J connectivity index is 1.85. The van der Waals surface area contributed by atoms with E-state index in [1.54, 1.807) is 13.0 Å². The lowest BCUT2D eigenvalue weighted by atomic mass is 9.96. The van der Waals surface area contributed by atoms with Gasteiger partial charge < -0.3 is 9.47 Å². The predicted octanol–water partition coefficient (Wildman–Crippen LogP) is 8.42. The minimum Gasteiger partial charge on any atom is -0.488 e. The summed E-state index contributed by atoms with van der Waals surface area (Å²) in [5, 5.41) is 0. The van der Waals surface area contributed by atoms with E-state index < -0.39 is 41.0 Å². The molecule has 0 radical (unpaired) electrons. The third-order valence-corrected chi connectivity index (χ3v) is 6.39. The van der Waals surface area contributed by atoms with Crippen LogP contribution in [0.5, 0.6) is 5.75 Å². The smallest absolute Gasteiger partial charge is 0.416 e. The Hall–Kier alpha value is -3.89. The van der Waals surface area contributed by atoms with Crippen molar-refractivity contribution in [2.24, 2.45) is 0 Å². The molecule has 0 fully saturated rings. The van der Waals surface area contributed by atoms with E-state index in [-0.39, 0.29) is 54.2 Å². The van der Waals surface area contributed by atoms with Crippen LogP contribution >= 0.6 is 0 Å². The fraction of sp³-hybridized carbons (Fsp3) is 0.310. The van der Waals surface area contributed by atoms with Crippen molar-refractivity contribution in [1.29, 1.82) is 0 Å². The summed E-state index contributed by atoms with van der Waals surface area (Å²) in [6, 6.07) is 8.58. The molecule has 0 N–H and O–H groups in total. The molecule has 0 saturated heterocycles. The fourth-order valence-corrected chi connectivity index (χ4v) is 4.47. The number of carbonyl (C=O) groups is 1. The summed E-state index contributed by atoms with van der Waals surface area (Å²) in [6.07, 6.45) is -8.69. The first-order valence-corrected chi connectivity index (χ1v) is 12.4. The van der Waals surface area contributed by atoms with Gasteiger partial charge in [0.1, 0.15) is 23.9 Å². The number of carbonyl (C=O) groups excluding carboxylic acids is 1. The van der Waals surface area contributed by atoms with Gasteiger partial charge in [0.05, 0.1) is 23.4 Å². The highest BCUT2D eigenvalue weighted by molar-refractivity contribution is 5.95. The summed E-state index contributed by atoms with van der Waals surface area (Å²) in [7, 11) is 0. The highest BCUT2D eigenvalue weighted by Crippen LogP contribution is 2.45. The highest BCUT2D eigenvalue weighted by Gasteiger charge is 2.35. The van der Waals surface area contributed by atoms with E-state index in [9.17, 15) is 35.5 Å². The van der Waals surface area contributed by atoms with Gasteiger partial charge in [0.2, 0.25) is 0 Å².